The minimum atomic E-state index is -2.74. The zero-order chi connectivity index (χ0) is 49.4. The minimum Gasteiger partial charge on any atom is -0.394 e. The fourth-order valence-electron chi connectivity index (χ4n) is 8.28. The van der Waals surface area contributed by atoms with E-state index in [2.05, 4.69) is 0 Å². The van der Waals surface area contributed by atoms with Crippen molar-refractivity contribution in [2.45, 2.75) is 171 Å². The van der Waals surface area contributed by atoms with Gasteiger partial charge in [-0.2, -0.15) is 0 Å². The quantitative estimate of drug-likeness (QED) is 0.0606. The van der Waals surface area contributed by atoms with E-state index in [0.717, 1.165) is 0 Å². The Kier molecular flexibility index (Phi) is 18.6. The lowest BCUT2D eigenvalue weighted by Crippen LogP contribution is -2.64. The Hall–Kier alpha value is -1.24. The second-order valence-corrected chi connectivity index (χ2v) is 17.0. The van der Waals surface area contributed by atoms with E-state index in [4.69, 9.17) is 52.1 Å². The average molecular weight is 991 g/mol. The first-order chi connectivity index (χ1) is 31.6. The predicted molar refractivity (Wildman–Crippen MR) is 199 cm³/mol. The summed E-state index contributed by atoms with van der Waals surface area (Å²) in [5, 5.41) is 208. The Balaban J connectivity index is 1.09. The topological polar surface area (TPSA) is 506 Å². The highest BCUT2D eigenvalue weighted by Crippen LogP contribution is 2.40. The Bertz CT molecular complexity index is 1540. The standard InChI is InChI=1S/C36H62O31/c37-1-9-15(41)21(47)25(51)31(61-9)57-4-12-16(42)22(48)26(52)32(62-12)58-5-13-17(43)23(49)27(53)33(63-13)59-6-14-18(44)24(50)28(54)34(64-14)67-36(30(56)20(46)11(3-39)66-36)8-60-35(7-40)29(55)19(45)10(2-38)65-35/h9-34,37-56H,1-8H2/t9-,10-,11-,12-,13-,14-,15+,16+,17+,18-,19-,20-,21+,22+,23+,24+,25-,26-,27-,28-,29+,30+,31+,32+,33+,34-,35-,36+/m1/s1. The molecule has 0 unspecified atom stereocenters. The molecule has 6 aliphatic heterocycles. The molecule has 6 saturated heterocycles. The second kappa shape index (κ2) is 22.7. The summed E-state index contributed by atoms with van der Waals surface area (Å²) in [5.41, 5.74) is 0. The molecule has 6 aliphatic rings. The zero-order valence-electron chi connectivity index (χ0n) is 35.1. The van der Waals surface area contributed by atoms with Crippen LogP contribution in [0.25, 0.3) is 0 Å². The molecule has 0 amide bonds. The molecular formula is C36H62O31. The molecule has 6 fully saturated rings. The molecule has 31 heteroatoms. The van der Waals surface area contributed by atoms with Gasteiger partial charge in [-0.3, -0.25) is 0 Å². The SMILES string of the molecule is OC[C@H]1O[C@H](OC[C@H]2O[C@H](OC[C@H]3O[C@H](OC[C@H]4O[C@H](O[C@]5(CO[C@]6(CO)O[C@H](CO)[C@@H](O)[C@@H]6O)O[C@H](CO)[C@@H](O)[C@@H]5O)[C@H](O)[C@@H](O)[C@@H]4O)[C@H](O)[C@@H](O)[C@H]3O)[C@H](O)[C@@H](O)[C@H]2O)[C@H](O)[C@@H](O)[C@H]1O. The Morgan fingerprint density at radius 2 is 0.642 bits per heavy atom. The summed E-state index contributed by atoms with van der Waals surface area (Å²) in [7, 11) is 0. The number of aliphatic hydroxyl groups excluding tert-OH is 20. The minimum absolute atomic E-state index is 0.711. The molecule has 20 N–H and O–H groups in total. The van der Waals surface area contributed by atoms with Crippen molar-refractivity contribution in [3.63, 3.8) is 0 Å². The van der Waals surface area contributed by atoms with Gasteiger partial charge in [0.1, 0.15) is 148 Å². The van der Waals surface area contributed by atoms with Crippen LogP contribution in [0.5, 0.6) is 0 Å². The van der Waals surface area contributed by atoms with Gasteiger partial charge in [0.2, 0.25) is 11.6 Å². The molecule has 0 aliphatic carbocycles. The highest BCUT2D eigenvalue weighted by molar-refractivity contribution is 5.02. The van der Waals surface area contributed by atoms with Crippen LogP contribution in [-0.2, 0) is 52.1 Å². The van der Waals surface area contributed by atoms with E-state index >= 15 is 0 Å². The molecule has 392 valence electrons. The largest absolute Gasteiger partial charge is 0.394 e. The molecule has 0 aromatic heterocycles. The summed E-state index contributed by atoms with van der Waals surface area (Å²) in [6, 6.07) is 0. The van der Waals surface area contributed by atoms with Crippen molar-refractivity contribution in [2.75, 3.05) is 52.9 Å². The fourth-order valence-corrected chi connectivity index (χ4v) is 8.28. The summed E-state index contributed by atoms with van der Waals surface area (Å²) in [6.07, 6.45) is -48.7. The predicted octanol–water partition coefficient (Wildman–Crippen LogP) is -14.1. The first kappa shape index (κ1) is 55.1. The van der Waals surface area contributed by atoms with Gasteiger partial charge >= 0.3 is 0 Å². The molecule has 0 aromatic rings. The van der Waals surface area contributed by atoms with Crippen LogP contribution < -0.4 is 0 Å². The highest BCUT2D eigenvalue weighted by Gasteiger charge is 2.62. The number of hydrogen-bond donors (Lipinski definition) is 20. The van der Waals surface area contributed by atoms with E-state index in [1.165, 1.54) is 0 Å². The van der Waals surface area contributed by atoms with Crippen molar-refractivity contribution >= 4 is 0 Å². The third kappa shape index (κ3) is 10.9. The number of rotatable bonds is 18. The molecular weight excluding hydrogens is 928 g/mol. The fraction of sp³-hybridized carbons (Fsp3) is 1.00. The van der Waals surface area contributed by atoms with E-state index in [-0.39, 0.29) is 0 Å². The maximum atomic E-state index is 11.1. The highest BCUT2D eigenvalue weighted by atomic mass is 16.8. The van der Waals surface area contributed by atoms with Crippen LogP contribution in [0, 0.1) is 0 Å². The van der Waals surface area contributed by atoms with Gasteiger partial charge in [0.25, 0.3) is 0 Å². The van der Waals surface area contributed by atoms with Crippen molar-refractivity contribution in [1.29, 1.82) is 0 Å². The lowest BCUT2D eigenvalue weighted by atomic mass is 9.97. The number of ether oxygens (including phenoxy) is 11. The van der Waals surface area contributed by atoms with Gasteiger partial charge in [0, 0.05) is 0 Å². The van der Waals surface area contributed by atoms with Gasteiger partial charge in [-0.15, -0.1) is 0 Å². The molecule has 0 spiro atoms. The maximum Gasteiger partial charge on any atom is 0.224 e. The molecule has 0 radical (unpaired) electrons. The third-order valence-corrected chi connectivity index (χ3v) is 12.6. The van der Waals surface area contributed by atoms with Gasteiger partial charge in [0.05, 0.1) is 39.6 Å². The number of hydrogen-bond acceptors (Lipinski definition) is 31. The third-order valence-electron chi connectivity index (χ3n) is 12.6. The van der Waals surface area contributed by atoms with E-state index in [1.807, 2.05) is 0 Å². The van der Waals surface area contributed by atoms with Crippen LogP contribution in [0.2, 0.25) is 0 Å². The van der Waals surface area contributed by atoms with Gasteiger partial charge in [-0.05, 0) is 0 Å². The smallest absolute Gasteiger partial charge is 0.224 e. The Morgan fingerprint density at radius 3 is 1.00 bits per heavy atom. The average Bonchev–Trinajstić information content (AvgIpc) is 3.71. The van der Waals surface area contributed by atoms with Crippen LogP contribution in [-0.4, -0.2) is 326 Å². The molecule has 0 bridgehead atoms. The van der Waals surface area contributed by atoms with Crippen LogP contribution in [0.3, 0.4) is 0 Å². The molecule has 0 saturated carbocycles. The summed E-state index contributed by atoms with van der Waals surface area (Å²) in [4.78, 5) is 0. The van der Waals surface area contributed by atoms with Crippen molar-refractivity contribution in [3.8, 4) is 0 Å². The second-order valence-electron chi connectivity index (χ2n) is 17.0. The molecule has 28 atom stereocenters. The molecule has 6 heterocycles. The van der Waals surface area contributed by atoms with Crippen LogP contribution in [0.1, 0.15) is 0 Å². The van der Waals surface area contributed by atoms with Crippen LogP contribution in [0.15, 0.2) is 0 Å². The van der Waals surface area contributed by atoms with Gasteiger partial charge < -0.3 is 154 Å². The molecule has 67 heavy (non-hydrogen) atoms. The Morgan fingerprint density at radius 1 is 0.328 bits per heavy atom. The van der Waals surface area contributed by atoms with Crippen LogP contribution >= 0.6 is 0 Å². The monoisotopic (exact) mass is 990 g/mol. The lowest BCUT2D eigenvalue weighted by Gasteiger charge is -2.45. The normalized spacial score (nSPS) is 53.0. The van der Waals surface area contributed by atoms with Gasteiger partial charge in [0.15, 0.2) is 25.2 Å². The number of aliphatic hydroxyl groups is 20. The molecule has 31 nitrogen and oxygen atoms in total. The van der Waals surface area contributed by atoms with Crippen molar-refractivity contribution in [1.82, 2.24) is 0 Å². The first-order valence-corrected chi connectivity index (χ1v) is 21.1. The first-order valence-electron chi connectivity index (χ1n) is 21.1. The summed E-state index contributed by atoms with van der Waals surface area (Å²) < 4.78 is 60.6. The van der Waals surface area contributed by atoms with E-state index < -0.39 is 224 Å². The molecule has 0 aromatic carbocycles. The van der Waals surface area contributed by atoms with E-state index in [9.17, 15) is 102 Å². The summed E-state index contributed by atoms with van der Waals surface area (Å²) in [5.74, 6) is -5.25. The lowest BCUT2D eigenvalue weighted by molar-refractivity contribution is -0.402. The Labute approximate surface area is 378 Å². The maximum absolute atomic E-state index is 11.1. The van der Waals surface area contributed by atoms with E-state index in [1.54, 1.807) is 0 Å². The van der Waals surface area contributed by atoms with Gasteiger partial charge in [-0.1, -0.05) is 0 Å². The van der Waals surface area contributed by atoms with Crippen molar-refractivity contribution < 1.29 is 154 Å². The van der Waals surface area contributed by atoms with Crippen molar-refractivity contribution in [3.05, 3.63) is 0 Å². The zero-order valence-corrected chi connectivity index (χ0v) is 35.1. The summed E-state index contributed by atoms with van der Waals surface area (Å²) >= 11 is 0. The molecule has 6 rings (SSSR count). The van der Waals surface area contributed by atoms with Crippen molar-refractivity contribution in [2.24, 2.45) is 0 Å². The summed E-state index contributed by atoms with van der Waals surface area (Å²) in [6.45, 7) is -7.37. The van der Waals surface area contributed by atoms with E-state index in [0.29, 0.717) is 0 Å². The van der Waals surface area contributed by atoms with Gasteiger partial charge in [-0.25, -0.2) is 0 Å². The van der Waals surface area contributed by atoms with Crippen LogP contribution in [0.4, 0.5) is 0 Å².